The fourth-order valence-electron chi connectivity index (χ4n) is 6.13. The van der Waals surface area contributed by atoms with Crippen molar-refractivity contribution in [1.82, 2.24) is 20.1 Å². The Morgan fingerprint density at radius 2 is 1.88 bits per heavy atom. The Kier molecular flexibility index (Phi) is 9.04. The van der Waals surface area contributed by atoms with E-state index in [0.717, 1.165) is 24.1 Å². The van der Waals surface area contributed by atoms with Crippen LogP contribution < -0.4 is 15.6 Å². The molecule has 0 bridgehead atoms. The Morgan fingerprint density at radius 3 is 2.62 bits per heavy atom. The summed E-state index contributed by atoms with van der Waals surface area (Å²) >= 11 is 0. The highest BCUT2D eigenvalue weighted by Gasteiger charge is 2.35. The first kappa shape index (κ1) is 28.1. The highest BCUT2D eigenvalue weighted by atomic mass is 16.5. The lowest BCUT2D eigenvalue weighted by atomic mass is 10.0. The molecule has 0 radical (unpaired) electrons. The Hall–Kier alpha value is -3.40. The van der Waals surface area contributed by atoms with Gasteiger partial charge in [0, 0.05) is 57.8 Å². The highest BCUT2D eigenvalue weighted by molar-refractivity contribution is 5.87. The molecule has 2 aromatic carbocycles. The molecule has 2 heterocycles. The second-order valence-electron chi connectivity index (χ2n) is 11.2. The van der Waals surface area contributed by atoms with Gasteiger partial charge in [0.05, 0.1) is 24.6 Å². The predicted molar refractivity (Wildman–Crippen MR) is 154 cm³/mol. The molecule has 1 aliphatic heterocycles. The number of pyridine rings is 1. The minimum Gasteiger partial charge on any atom is -0.506 e. The van der Waals surface area contributed by atoms with Crippen molar-refractivity contribution in [1.29, 1.82) is 0 Å². The third kappa shape index (κ3) is 6.83. The molecule has 1 unspecified atom stereocenters. The standard InChI is InChI=1S/C31H40N4O5/c1-34(15-14-32-17-28(37)25-9-11-27(36)31-26(25)10-12-29(38)33-31)30(39)13-16-40-24-7-5-21(6-8-24)18-35-19-22-3-2-4-23(22)20-35/h5-12,22-23,28,32,36-37H,2-4,13-20H2,1H3,(H,33,38)/t22-,23+,28?. The summed E-state index contributed by atoms with van der Waals surface area (Å²) in [5.41, 5.74) is 1.88. The zero-order chi connectivity index (χ0) is 28.1. The minimum atomic E-state index is -0.843. The monoisotopic (exact) mass is 548 g/mol. The Balaban J connectivity index is 0.987. The number of aromatic amines is 1. The van der Waals surface area contributed by atoms with Crippen molar-refractivity contribution < 1.29 is 19.7 Å². The summed E-state index contributed by atoms with van der Waals surface area (Å²) < 4.78 is 5.82. The van der Waals surface area contributed by atoms with E-state index in [1.165, 1.54) is 50.0 Å². The van der Waals surface area contributed by atoms with Crippen LogP contribution in [-0.4, -0.2) is 77.3 Å². The Morgan fingerprint density at radius 1 is 1.12 bits per heavy atom. The number of fused-ring (bicyclic) bond motifs is 2. The average Bonchev–Trinajstić information content (AvgIpc) is 3.54. The number of phenols is 1. The van der Waals surface area contributed by atoms with E-state index in [2.05, 4.69) is 27.3 Å². The van der Waals surface area contributed by atoms with Gasteiger partial charge in [0.25, 0.3) is 0 Å². The van der Waals surface area contributed by atoms with E-state index >= 15 is 0 Å². The van der Waals surface area contributed by atoms with Gasteiger partial charge in [-0.25, -0.2) is 0 Å². The van der Waals surface area contributed by atoms with Crippen LogP contribution in [0.25, 0.3) is 10.9 Å². The number of rotatable bonds is 12. The molecule has 4 N–H and O–H groups in total. The van der Waals surface area contributed by atoms with Gasteiger partial charge in [-0.05, 0) is 60.1 Å². The zero-order valence-electron chi connectivity index (χ0n) is 23.1. The molecular weight excluding hydrogens is 508 g/mol. The summed E-state index contributed by atoms with van der Waals surface area (Å²) in [6.07, 6.45) is 3.63. The van der Waals surface area contributed by atoms with E-state index in [4.69, 9.17) is 4.74 Å². The van der Waals surface area contributed by atoms with Crippen molar-refractivity contribution >= 4 is 16.8 Å². The lowest BCUT2D eigenvalue weighted by Crippen LogP contribution is -2.35. The molecular formula is C31H40N4O5. The highest BCUT2D eigenvalue weighted by Crippen LogP contribution is 2.38. The number of benzene rings is 2. The van der Waals surface area contributed by atoms with Crippen LogP contribution in [0.1, 0.15) is 42.9 Å². The third-order valence-corrected chi connectivity index (χ3v) is 8.37. The summed E-state index contributed by atoms with van der Waals surface area (Å²) in [5.74, 6) is 2.53. The van der Waals surface area contributed by atoms with Gasteiger partial charge in [0.1, 0.15) is 11.5 Å². The van der Waals surface area contributed by atoms with E-state index < -0.39 is 6.10 Å². The van der Waals surface area contributed by atoms with Crippen LogP contribution in [0.3, 0.4) is 0 Å². The van der Waals surface area contributed by atoms with Crippen LogP contribution in [0.2, 0.25) is 0 Å². The third-order valence-electron chi connectivity index (χ3n) is 8.37. The lowest BCUT2D eigenvalue weighted by molar-refractivity contribution is -0.130. The number of aromatic nitrogens is 1. The predicted octanol–water partition coefficient (Wildman–Crippen LogP) is 3.02. The summed E-state index contributed by atoms with van der Waals surface area (Å²) in [6, 6.07) is 14.3. The molecule has 3 aromatic rings. The summed E-state index contributed by atoms with van der Waals surface area (Å²) in [6.45, 7) is 5.03. The molecule has 2 fully saturated rings. The van der Waals surface area contributed by atoms with Crippen molar-refractivity contribution in [2.75, 3.05) is 46.4 Å². The van der Waals surface area contributed by atoms with Crippen LogP contribution in [-0.2, 0) is 11.3 Å². The normalized spacial score (nSPS) is 19.6. The fourth-order valence-corrected chi connectivity index (χ4v) is 6.13. The number of phenolic OH excluding ortho intramolecular Hbond substituents is 1. The summed E-state index contributed by atoms with van der Waals surface area (Å²) in [7, 11) is 1.76. The van der Waals surface area contributed by atoms with Gasteiger partial charge in [-0.3, -0.25) is 14.5 Å². The maximum atomic E-state index is 12.5. The maximum absolute atomic E-state index is 12.5. The van der Waals surface area contributed by atoms with Crippen molar-refractivity contribution in [3.8, 4) is 11.5 Å². The largest absolute Gasteiger partial charge is 0.506 e. The number of hydrogen-bond acceptors (Lipinski definition) is 7. The molecule has 2 aliphatic rings. The molecule has 214 valence electrons. The number of H-pyrrole nitrogens is 1. The van der Waals surface area contributed by atoms with Gasteiger partial charge in [0.2, 0.25) is 11.5 Å². The van der Waals surface area contributed by atoms with Gasteiger partial charge in [-0.2, -0.15) is 0 Å². The number of aliphatic hydroxyl groups is 1. The Labute approximate surface area is 234 Å². The van der Waals surface area contributed by atoms with Crippen molar-refractivity contribution in [3.05, 3.63) is 70.0 Å². The van der Waals surface area contributed by atoms with E-state index in [9.17, 15) is 19.8 Å². The number of hydrogen-bond donors (Lipinski definition) is 4. The first-order valence-electron chi connectivity index (χ1n) is 14.3. The summed E-state index contributed by atoms with van der Waals surface area (Å²) in [4.78, 5) is 31.0. The number of likely N-dealkylation sites (tertiary alicyclic amines) is 1. The minimum absolute atomic E-state index is 0.00738. The van der Waals surface area contributed by atoms with Crippen LogP contribution in [0, 0.1) is 11.8 Å². The molecule has 9 nitrogen and oxygen atoms in total. The number of nitrogens with zero attached hydrogens (tertiary/aromatic N) is 2. The quantitative estimate of drug-likeness (QED) is 0.257. The molecule has 5 rings (SSSR count). The number of carbonyl (C=O) groups excluding carboxylic acids is 1. The van der Waals surface area contributed by atoms with E-state index in [1.807, 2.05) is 12.1 Å². The first-order chi connectivity index (χ1) is 19.4. The molecule has 1 aliphatic carbocycles. The molecule has 3 atom stereocenters. The second kappa shape index (κ2) is 12.8. The number of ether oxygens (including phenoxy) is 1. The van der Waals surface area contributed by atoms with E-state index in [-0.39, 0.29) is 30.2 Å². The number of amides is 1. The molecule has 1 saturated carbocycles. The number of aliphatic hydroxyl groups excluding tert-OH is 1. The van der Waals surface area contributed by atoms with Crippen LogP contribution in [0.5, 0.6) is 11.5 Å². The van der Waals surface area contributed by atoms with Crippen molar-refractivity contribution in [3.63, 3.8) is 0 Å². The van der Waals surface area contributed by atoms with Gasteiger partial charge in [-0.15, -0.1) is 0 Å². The summed E-state index contributed by atoms with van der Waals surface area (Å²) in [5, 5.41) is 24.4. The van der Waals surface area contributed by atoms with Gasteiger partial charge < -0.3 is 30.2 Å². The smallest absolute Gasteiger partial charge is 0.248 e. The fraction of sp³-hybridized carbons (Fsp3) is 0.484. The maximum Gasteiger partial charge on any atom is 0.248 e. The van der Waals surface area contributed by atoms with E-state index in [1.54, 1.807) is 24.1 Å². The second-order valence-corrected chi connectivity index (χ2v) is 11.2. The van der Waals surface area contributed by atoms with Crippen LogP contribution in [0.4, 0.5) is 0 Å². The van der Waals surface area contributed by atoms with Gasteiger partial charge in [-0.1, -0.05) is 24.6 Å². The number of aromatic hydroxyl groups is 1. The zero-order valence-corrected chi connectivity index (χ0v) is 23.1. The molecule has 9 heteroatoms. The molecule has 1 saturated heterocycles. The van der Waals surface area contributed by atoms with E-state index in [0.29, 0.717) is 36.2 Å². The molecule has 1 aromatic heterocycles. The molecule has 1 amide bonds. The van der Waals surface area contributed by atoms with Crippen molar-refractivity contribution in [2.45, 2.75) is 38.3 Å². The van der Waals surface area contributed by atoms with Crippen LogP contribution in [0.15, 0.2) is 53.3 Å². The van der Waals surface area contributed by atoms with Crippen molar-refractivity contribution in [2.24, 2.45) is 11.8 Å². The van der Waals surface area contributed by atoms with Gasteiger partial charge >= 0.3 is 0 Å². The number of likely N-dealkylation sites (N-methyl/N-ethyl adjacent to an activating group) is 1. The Bertz CT molecular complexity index is 1350. The lowest BCUT2D eigenvalue weighted by Gasteiger charge is -2.19. The average molecular weight is 549 g/mol. The number of carbonyl (C=O) groups is 1. The molecule has 0 spiro atoms. The topological polar surface area (TPSA) is 118 Å². The van der Waals surface area contributed by atoms with Crippen LogP contribution >= 0.6 is 0 Å². The number of nitrogens with one attached hydrogen (secondary N) is 2. The first-order valence-corrected chi connectivity index (χ1v) is 14.3. The van der Waals surface area contributed by atoms with Gasteiger partial charge in [0.15, 0.2) is 0 Å². The SMILES string of the molecule is CN(CCNCC(O)c1ccc(O)c2[nH]c(=O)ccc12)C(=O)CCOc1ccc(CN2C[C@H]3CCC[C@H]3C2)cc1. The molecule has 40 heavy (non-hydrogen) atoms.